The monoisotopic (exact) mass is 286 g/mol. The summed E-state index contributed by atoms with van der Waals surface area (Å²) in [5, 5.41) is 9.01. The van der Waals surface area contributed by atoms with Crippen LogP contribution in [0.4, 0.5) is 0 Å². The molecule has 0 spiro atoms. The van der Waals surface area contributed by atoms with Crippen molar-refractivity contribution in [2.45, 2.75) is 6.61 Å². The minimum Gasteiger partial charge on any atom is -0.488 e. The van der Waals surface area contributed by atoms with E-state index < -0.39 is 0 Å². The van der Waals surface area contributed by atoms with Crippen LogP contribution < -0.4 is 4.74 Å². The molecule has 0 bridgehead atoms. The first kappa shape index (κ1) is 13.8. The van der Waals surface area contributed by atoms with Crippen LogP contribution >= 0.6 is 0 Å². The molecule has 0 N–H and O–H groups in total. The number of hydrogen-bond acceptors (Lipinski definition) is 3. The van der Waals surface area contributed by atoms with Crippen molar-refractivity contribution in [1.82, 2.24) is 4.98 Å². The van der Waals surface area contributed by atoms with Crippen LogP contribution in [0.2, 0.25) is 0 Å². The van der Waals surface area contributed by atoms with Crippen LogP contribution in [-0.2, 0) is 6.61 Å². The second kappa shape index (κ2) is 6.55. The predicted octanol–water partition coefficient (Wildman–Crippen LogP) is 4.20. The van der Waals surface area contributed by atoms with Crippen LogP contribution in [0, 0.1) is 11.3 Å². The molecule has 0 amide bonds. The lowest BCUT2D eigenvalue weighted by molar-refractivity contribution is 0.307. The highest BCUT2D eigenvalue weighted by molar-refractivity contribution is 5.70. The third-order valence-corrected chi connectivity index (χ3v) is 3.30. The van der Waals surface area contributed by atoms with E-state index in [0.29, 0.717) is 12.2 Å². The number of rotatable bonds is 4. The third kappa shape index (κ3) is 3.13. The number of benzene rings is 2. The average Bonchev–Trinajstić information content (AvgIpc) is 2.61. The molecule has 0 radical (unpaired) electrons. The molecular formula is C19H14N2O. The lowest BCUT2D eigenvalue weighted by Crippen LogP contribution is -1.97. The Morgan fingerprint density at radius 2 is 1.73 bits per heavy atom. The van der Waals surface area contributed by atoms with Gasteiger partial charge >= 0.3 is 0 Å². The van der Waals surface area contributed by atoms with E-state index in [-0.39, 0.29) is 0 Å². The normalized spacial score (nSPS) is 9.95. The maximum absolute atomic E-state index is 9.01. The van der Waals surface area contributed by atoms with E-state index in [1.807, 2.05) is 60.7 Å². The topological polar surface area (TPSA) is 45.9 Å². The highest BCUT2D eigenvalue weighted by atomic mass is 16.5. The van der Waals surface area contributed by atoms with E-state index in [9.17, 15) is 0 Å². The van der Waals surface area contributed by atoms with Gasteiger partial charge in [-0.25, -0.2) is 0 Å². The van der Waals surface area contributed by atoms with Gasteiger partial charge in [-0.2, -0.15) is 5.26 Å². The quantitative estimate of drug-likeness (QED) is 0.722. The molecule has 3 heteroatoms. The molecule has 106 valence electrons. The van der Waals surface area contributed by atoms with Gasteiger partial charge in [-0.1, -0.05) is 48.5 Å². The fraction of sp³-hybridized carbons (Fsp3) is 0.0526. The van der Waals surface area contributed by atoms with Gasteiger partial charge in [0.2, 0.25) is 0 Å². The molecule has 0 aliphatic carbocycles. The Morgan fingerprint density at radius 1 is 0.955 bits per heavy atom. The molecule has 0 aliphatic heterocycles. The molecule has 0 atom stereocenters. The molecule has 0 saturated heterocycles. The van der Waals surface area contributed by atoms with Gasteiger partial charge < -0.3 is 4.74 Å². The van der Waals surface area contributed by atoms with Crippen LogP contribution in [0.1, 0.15) is 11.1 Å². The highest BCUT2D eigenvalue weighted by Gasteiger charge is 2.07. The molecular weight excluding hydrogens is 272 g/mol. The van der Waals surface area contributed by atoms with E-state index in [0.717, 1.165) is 22.4 Å². The third-order valence-electron chi connectivity index (χ3n) is 3.30. The fourth-order valence-corrected chi connectivity index (χ4v) is 2.21. The summed E-state index contributed by atoms with van der Waals surface area (Å²) in [7, 11) is 0. The SMILES string of the molecule is N#Cc1cncc(-c2ccccc2OCc2ccccc2)c1. The molecule has 1 heterocycles. The van der Waals surface area contributed by atoms with Gasteiger partial charge in [-0.3, -0.25) is 4.98 Å². The molecule has 22 heavy (non-hydrogen) atoms. The minimum atomic E-state index is 0.503. The summed E-state index contributed by atoms with van der Waals surface area (Å²) < 4.78 is 5.94. The van der Waals surface area contributed by atoms with Crippen LogP contribution in [-0.4, -0.2) is 4.98 Å². The molecule has 2 aromatic carbocycles. The van der Waals surface area contributed by atoms with Gasteiger partial charge in [-0.05, 0) is 17.7 Å². The number of ether oxygens (including phenoxy) is 1. The van der Waals surface area contributed by atoms with Gasteiger partial charge in [-0.15, -0.1) is 0 Å². The number of para-hydroxylation sites is 1. The van der Waals surface area contributed by atoms with Crippen molar-refractivity contribution in [1.29, 1.82) is 5.26 Å². The Morgan fingerprint density at radius 3 is 2.55 bits per heavy atom. The summed E-state index contributed by atoms with van der Waals surface area (Å²) in [6.07, 6.45) is 3.29. The molecule has 0 saturated carbocycles. The summed E-state index contributed by atoms with van der Waals surface area (Å²) in [6, 6.07) is 21.7. The van der Waals surface area contributed by atoms with E-state index >= 15 is 0 Å². The molecule has 3 nitrogen and oxygen atoms in total. The second-order valence-electron chi connectivity index (χ2n) is 4.84. The first-order valence-corrected chi connectivity index (χ1v) is 6.98. The number of nitriles is 1. The molecule has 0 fully saturated rings. The Balaban J connectivity index is 1.88. The van der Waals surface area contributed by atoms with E-state index in [4.69, 9.17) is 10.00 Å². The van der Waals surface area contributed by atoms with Crippen LogP contribution in [0.5, 0.6) is 5.75 Å². The maximum Gasteiger partial charge on any atom is 0.127 e. The Labute approximate surface area is 129 Å². The average molecular weight is 286 g/mol. The number of aromatic nitrogens is 1. The lowest BCUT2D eigenvalue weighted by Gasteiger charge is -2.11. The Bertz CT molecular complexity index is 807. The van der Waals surface area contributed by atoms with Crippen molar-refractivity contribution in [3.63, 3.8) is 0 Å². The lowest BCUT2D eigenvalue weighted by atomic mass is 10.1. The fourth-order valence-electron chi connectivity index (χ4n) is 2.21. The van der Waals surface area contributed by atoms with Crippen LogP contribution in [0.3, 0.4) is 0 Å². The molecule has 0 aliphatic rings. The van der Waals surface area contributed by atoms with Crippen molar-refractivity contribution >= 4 is 0 Å². The maximum atomic E-state index is 9.01. The summed E-state index contributed by atoms with van der Waals surface area (Å²) in [5.74, 6) is 0.781. The van der Waals surface area contributed by atoms with Gasteiger partial charge in [0.05, 0.1) is 5.56 Å². The summed E-state index contributed by atoms with van der Waals surface area (Å²) in [5.41, 5.74) is 3.46. The standard InChI is InChI=1S/C19H14N2O/c20-11-16-10-17(13-21-12-16)18-8-4-5-9-19(18)22-14-15-6-2-1-3-7-15/h1-10,12-13H,14H2. The zero-order chi connectivity index (χ0) is 15.2. The number of hydrogen-bond donors (Lipinski definition) is 0. The molecule has 3 rings (SSSR count). The Kier molecular flexibility index (Phi) is 4.12. The first-order valence-electron chi connectivity index (χ1n) is 6.98. The molecule has 1 aromatic heterocycles. The van der Waals surface area contributed by atoms with Crippen LogP contribution in [0.15, 0.2) is 73.1 Å². The first-order chi connectivity index (χ1) is 10.9. The van der Waals surface area contributed by atoms with Crippen molar-refractivity contribution in [2.24, 2.45) is 0 Å². The zero-order valence-electron chi connectivity index (χ0n) is 11.9. The van der Waals surface area contributed by atoms with Crippen LogP contribution in [0.25, 0.3) is 11.1 Å². The zero-order valence-corrected chi connectivity index (χ0v) is 11.9. The van der Waals surface area contributed by atoms with Crippen molar-refractivity contribution in [2.75, 3.05) is 0 Å². The van der Waals surface area contributed by atoms with Gasteiger partial charge in [0, 0.05) is 23.5 Å². The van der Waals surface area contributed by atoms with E-state index in [1.165, 1.54) is 0 Å². The largest absolute Gasteiger partial charge is 0.488 e. The summed E-state index contributed by atoms with van der Waals surface area (Å²) >= 11 is 0. The van der Waals surface area contributed by atoms with E-state index in [1.54, 1.807) is 12.4 Å². The summed E-state index contributed by atoms with van der Waals surface area (Å²) in [4.78, 5) is 4.11. The summed E-state index contributed by atoms with van der Waals surface area (Å²) in [6.45, 7) is 0.503. The van der Waals surface area contributed by atoms with Gasteiger partial charge in [0.15, 0.2) is 0 Å². The smallest absolute Gasteiger partial charge is 0.127 e. The predicted molar refractivity (Wildman–Crippen MR) is 85.2 cm³/mol. The van der Waals surface area contributed by atoms with Crippen molar-refractivity contribution in [3.05, 3.63) is 84.2 Å². The van der Waals surface area contributed by atoms with E-state index in [2.05, 4.69) is 11.1 Å². The molecule has 3 aromatic rings. The minimum absolute atomic E-state index is 0.503. The molecule has 0 unspecified atom stereocenters. The van der Waals surface area contributed by atoms with Crippen molar-refractivity contribution in [3.8, 4) is 22.9 Å². The Hall–Kier alpha value is -3.12. The number of pyridine rings is 1. The second-order valence-corrected chi connectivity index (χ2v) is 4.84. The van der Waals surface area contributed by atoms with Gasteiger partial charge in [0.25, 0.3) is 0 Å². The number of nitrogens with zero attached hydrogens (tertiary/aromatic N) is 2. The van der Waals surface area contributed by atoms with Crippen molar-refractivity contribution < 1.29 is 4.74 Å². The highest BCUT2D eigenvalue weighted by Crippen LogP contribution is 2.30. The van der Waals surface area contributed by atoms with Gasteiger partial charge in [0.1, 0.15) is 18.4 Å².